The number of rotatable bonds is 5. The van der Waals surface area contributed by atoms with Crippen molar-refractivity contribution in [3.63, 3.8) is 0 Å². The van der Waals surface area contributed by atoms with Gasteiger partial charge in [-0.2, -0.15) is 0 Å². The lowest BCUT2D eigenvalue weighted by Crippen LogP contribution is -2.57. The van der Waals surface area contributed by atoms with Crippen molar-refractivity contribution in [3.05, 3.63) is 53.9 Å². The van der Waals surface area contributed by atoms with Gasteiger partial charge in [-0.15, -0.1) is 0 Å². The Morgan fingerprint density at radius 2 is 1.89 bits per heavy atom. The Bertz CT molecular complexity index is 766. The molecule has 2 heterocycles. The minimum absolute atomic E-state index is 0.228. The van der Waals surface area contributed by atoms with E-state index < -0.39 is 5.60 Å². The van der Waals surface area contributed by atoms with E-state index in [1.807, 2.05) is 30.5 Å². The molecular formula is C22H28N2O3. The lowest BCUT2D eigenvalue weighted by atomic mass is 9.63. The van der Waals surface area contributed by atoms with Crippen LogP contribution in [-0.2, 0) is 12.1 Å². The fourth-order valence-corrected chi connectivity index (χ4v) is 5.06. The first-order chi connectivity index (χ1) is 13.2. The summed E-state index contributed by atoms with van der Waals surface area (Å²) in [5.74, 6) is 2.02. The van der Waals surface area contributed by atoms with E-state index in [9.17, 15) is 5.11 Å². The summed E-state index contributed by atoms with van der Waals surface area (Å²) < 4.78 is 11.0. The SMILES string of the molecule is COc1cccc(CN2C[C@H]3CCC[C@H](C2)C3(O)c2cccnc2)c1OC. The van der Waals surface area contributed by atoms with Crippen LogP contribution in [0.3, 0.4) is 0 Å². The van der Waals surface area contributed by atoms with Crippen LogP contribution in [0.1, 0.15) is 30.4 Å². The van der Waals surface area contributed by atoms with Crippen LogP contribution in [0.4, 0.5) is 0 Å². The number of fused-ring (bicyclic) bond motifs is 2. The third kappa shape index (κ3) is 3.19. The van der Waals surface area contributed by atoms with Crippen molar-refractivity contribution in [1.82, 2.24) is 9.88 Å². The lowest BCUT2D eigenvalue weighted by molar-refractivity contribution is -0.148. The Kier molecular flexibility index (Phi) is 5.06. The molecule has 0 radical (unpaired) electrons. The molecule has 0 spiro atoms. The minimum atomic E-state index is -0.762. The van der Waals surface area contributed by atoms with Gasteiger partial charge in [0.05, 0.1) is 19.8 Å². The Morgan fingerprint density at radius 1 is 1.11 bits per heavy atom. The van der Waals surface area contributed by atoms with Crippen LogP contribution in [0.2, 0.25) is 0 Å². The van der Waals surface area contributed by atoms with E-state index in [0.717, 1.165) is 55.1 Å². The fourth-order valence-electron chi connectivity index (χ4n) is 5.06. The Labute approximate surface area is 160 Å². The van der Waals surface area contributed by atoms with Gasteiger partial charge in [-0.25, -0.2) is 0 Å². The maximum atomic E-state index is 11.7. The third-order valence-corrected chi connectivity index (χ3v) is 6.31. The first-order valence-corrected chi connectivity index (χ1v) is 9.72. The van der Waals surface area contributed by atoms with Crippen molar-refractivity contribution < 1.29 is 14.6 Å². The predicted octanol–water partition coefficient (Wildman–Crippen LogP) is 3.22. The zero-order valence-electron chi connectivity index (χ0n) is 16.1. The molecule has 1 aromatic carbocycles. The summed E-state index contributed by atoms with van der Waals surface area (Å²) in [6, 6.07) is 9.98. The zero-order valence-corrected chi connectivity index (χ0v) is 16.1. The number of methoxy groups -OCH3 is 2. The highest BCUT2D eigenvalue weighted by Crippen LogP contribution is 2.49. The van der Waals surface area contributed by atoms with Gasteiger partial charge < -0.3 is 14.6 Å². The number of aliphatic hydroxyl groups is 1. The van der Waals surface area contributed by atoms with Gasteiger partial charge in [0, 0.05) is 55.0 Å². The molecule has 0 amide bonds. The van der Waals surface area contributed by atoms with Crippen LogP contribution < -0.4 is 9.47 Å². The topological polar surface area (TPSA) is 54.8 Å². The predicted molar refractivity (Wildman–Crippen MR) is 104 cm³/mol. The van der Waals surface area contributed by atoms with Gasteiger partial charge in [0.2, 0.25) is 0 Å². The van der Waals surface area contributed by atoms with Gasteiger partial charge in [-0.05, 0) is 25.0 Å². The molecule has 144 valence electrons. The number of hydrogen-bond acceptors (Lipinski definition) is 5. The maximum Gasteiger partial charge on any atom is 0.165 e. The minimum Gasteiger partial charge on any atom is -0.493 e. The highest BCUT2D eigenvalue weighted by molar-refractivity contribution is 5.46. The van der Waals surface area contributed by atoms with Crippen LogP contribution in [0.25, 0.3) is 0 Å². The molecule has 2 aromatic rings. The van der Waals surface area contributed by atoms with Crippen LogP contribution in [0, 0.1) is 11.8 Å². The summed E-state index contributed by atoms with van der Waals surface area (Å²) >= 11 is 0. The van der Waals surface area contributed by atoms with Crippen molar-refractivity contribution in [2.45, 2.75) is 31.4 Å². The summed E-state index contributed by atoms with van der Waals surface area (Å²) in [6.07, 6.45) is 6.90. The summed E-state index contributed by atoms with van der Waals surface area (Å²) in [7, 11) is 3.36. The molecule has 1 saturated carbocycles. The second-order valence-corrected chi connectivity index (χ2v) is 7.74. The van der Waals surface area contributed by atoms with E-state index in [1.165, 1.54) is 6.42 Å². The molecule has 2 bridgehead atoms. The highest BCUT2D eigenvalue weighted by Gasteiger charge is 2.51. The van der Waals surface area contributed by atoms with Gasteiger partial charge >= 0.3 is 0 Å². The molecule has 2 aliphatic rings. The molecule has 5 nitrogen and oxygen atoms in total. The molecule has 0 unspecified atom stereocenters. The number of para-hydroxylation sites is 1. The fraction of sp³-hybridized carbons (Fsp3) is 0.500. The number of ether oxygens (including phenoxy) is 2. The first-order valence-electron chi connectivity index (χ1n) is 9.72. The molecule has 4 rings (SSSR count). The molecule has 5 heteroatoms. The van der Waals surface area contributed by atoms with Crippen LogP contribution >= 0.6 is 0 Å². The standard InChI is InChI=1S/C22H28N2O3/c1-26-20-10-3-6-16(21(20)27-2)13-24-14-18-7-4-8-19(15-24)22(18,25)17-9-5-11-23-12-17/h3,5-6,9-12,18-19,25H,4,7-8,13-15H2,1-2H3/t18-,19-/m1/s1. The summed E-state index contributed by atoms with van der Waals surface area (Å²) in [4.78, 5) is 6.71. The number of likely N-dealkylation sites (tertiary alicyclic amines) is 1. The molecule has 27 heavy (non-hydrogen) atoms. The molecular weight excluding hydrogens is 340 g/mol. The van der Waals surface area contributed by atoms with E-state index in [2.05, 4.69) is 16.0 Å². The van der Waals surface area contributed by atoms with Gasteiger partial charge in [-0.3, -0.25) is 9.88 Å². The monoisotopic (exact) mass is 368 g/mol. The van der Waals surface area contributed by atoms with E-state index in [1.54, 1.807) is 20.4 Å². The van der Waals surface area contributed by atoms with Gasteiger partial charge in [-0.1, -0.05) is 24.6 Å². The van der Waals surface area contributed by atoms with Gasteiger partial charge in [0.1, 0.15) is 0 Å². The van der Waals surface area contributed by atoms with Crippen LogP contribution in [0.15, 0.2) is 42.7 Å². The number of pyridine rings is 1. The van der Waals surface area contributed by atoms with E-state index in [0.29, 0.717) is 0 Å². The number of aromatic nitrogens is 1. The normalized spacial score (nSPS) is 28.0. The van der Waals surface area contributed by atoms with Crippen molar-refractivity contribution >= 4 is 0 Å². The maximum absolute atomic E-state index is 11.7. The van der Waals surface area contributed by atoms with Gasteiger partial charge in [0.15, 0.2) is 11.5 Å². The Hall–Kier alpha value is -2.11. The van der Waals surface area contributed by atoms with Crippen molar-refractivity contribution in [1.29, 1.82) is 0 Å². The summed E-state index contributed by atoms with van der Waals surface area (Å²) in [5, 5.41) is 11.7. The average molecular weight is 368 g/mol. The average Bonchev–Trinajstić information content (AvgIpc) is 2.69. The second kappa shape index (κ2) is 7.49. The second-order valence-electron chi connectivity index (χ2n) is 7.74. The van der Waals surface area contributed by atoms with Crippen LogP contribution in [-0.4, -0.2) is 42.3 Å². The molecule has 1 aliphatic heterocycles. The number of nitrogens with zero attached hydrogens (tertiary/aromatic N) is 2. The summed E-state index contributed by atoms with van der Waals surface area (Å²) in [6.45, 7) is 2.56. The molecule has 1 aromatic heterocycles. The Morgan fingerprint density at radius 3 is 2.52 bits per heavy atom. The number of benzene rings is 1. The highest BCUT2D eigenvalue weighted by atomic mass is 16.5. The molecule has 1 N–H and O–H groups in total. The molecule has 1 saturated heterocycles. The van der Waals surface area contributed by atoms with E-state index in [4.69, 9.17) is 9.47 Å². The molecule has 2 atom stereocenters. The molecule has 2 fully saturated rings. The van der Waals surface area contributed by atoms with E-state index >= 15 is 0 Å². The van der Waals surface area contributed by atoms with Crippen molar-refractivity contribution in [3.8, 4) is 11.5 Å². The lowest BCUT2D eigenvalue weighted by Gasteiger charge is -2.53. The first kappa shape index (κ1) is 18.3. The smallest absolute Gasteiger partial charge is 0.165 e. The number of hydrogen-bond donors (Lipinski definition) is 1. The Balaban J connectivity index is 1.58. The van der Waals surface area contributed by atoms with Crippen molar-refractivity contribution in [2.75, 3.05) is 27.3 Å². The zero-order chi connectivity index (χ0) is 18.9. The third-order valence-electron chi connectivity index (χ3n) is 6.31. The van der Waals surface area contributed by atoms with Crippen LogP contribution in [0.5, 0.6) is 11.5 Å². The largest absolute Gasteiger partial charge is 0.493 e. The summed E-state index contributed by atoms with van der Waals surface area (Å²) in [5.41, 5.74) is 1.33. The van der Waals surface area contributed by atoms with Crippen molar-refractivity contribution in [2.24, 2.45) is 11.8 Å². The quantitative estimate of drug-likeness (QED) is 0.878. The van der Waals surface area contributed by atoms with Gasteiger partial charge in [0.25, 0.3) is 0 Å². The van der Waals surface area contributed by atoms with E-state index in [-0.39, 0.29) is 11.8 Å². The number of piperidine rings is 1. The molecule has 1 aliphatic carbocycles.